The van der Waals surface area contributed by atoms with Crippen molar-refractivity contribution in [1.29, 1.82) is 0 Å². The molecule has 0 spiro atoms. The Morgan fingerprint density at radius 2 is 1.88 bits per heavy atom. The Bertz CT molecular complexity index is 423. The molecule has 1 aliphatic rings. The summed E-state index contributed by atoms with van der Waals surface area (Å²) in [7, 11) is 0. The van der Waals surface area contributed by atoms with Crippen molar-refractivity contribution in [3.8, 4) is 0 Å². The maximum atomic E-state index is 13.9. The summed E-state index contributed by atoms with van der Waals surface area (Å²) in [6, 6.07) is 2.05. The molecular weight excluding hydrogens is 264 g/mol. The Labute approximate surface area is 110 Å². The molecule has 1 aromatic rings. The SMILES string of the molecule is N[C@@H](c1c(Cl)ccc(Cl)c1F)[C@H](O)C1CCC1. The molecule has 0 bridgehead atoms. The third kappa shape index (κ3) is 2.43. The van der Waals surface area contributed by atoms with Crippen molar-refractivity contribution in [3.05, 3.63) is 33.6 Å². The highest BCUT2D eigenvalue weighted by Crippen LogP contribution is 2.37. The van der Waals surface area contributed by atoms with Crippen molar-refractivity contribution in [3.63, 3.8) is 0 Å². The lowest BCUT2D eigenvalue weighted by Gasteiger charge is -2.34. The minimum Gasteiger partial charge on any atom is -0.391 e. The maximum absolute atomic E-state index is 13.9. The van der Waals surface area contributed by atoms with Crippen LogP contribution in [0.15, 0.2) is 12.1 Å². The Morgan fingerprint density at radius 1 is 1.29 bits per heavy atom. The molecule has 2 nitrogen and oxygen atoms in total. The number of halogens is 3. The molecule has 17 heavy (non-hydrogen) atoms. The van der Waals surface area contributed by atoms with E-state index in [9.17, 15) is 9.50 Å². The first kappa shape index (κ1) is 13.1. The van der Waals surface area contributed by atoms with Crippen LogP contribution in [-0.2, 0) is 0 Å². The fourth-order valence-electron chi connectivity index (χ4n) is 2.09. The van der Waals surface area contributed by atoms with Gasteiger partial charge in [-0.1, -0.05) is 29.6 Å². The molecule has 1 fully saturated rings. The molecule has 0 radical (unpaired) electrons. The van der Waals surface area contributed by atoms with E-state index in [1.165, 1.54) is 12.1 Å². The van der Waals surface area contributed by atoms with Crippen molar-refractivity contribution in [2.75, 3.05) is 0 Å². The third-order valence-electron chi connectivity index (χ3n) is 3.41. The van der Waals surface area contributed by atoms with E-state index in [0.29, 0.717) is 0 Å². The van der Waals surface area contributed by atoms with E-state index in [1.54, 1.807) is 0 Å². The van der Waals surface area contributed by atoms with Crippen molar-refractivity contribution in [2.45, 2.75) is 31.4 Å². The topological polar surface area (TPSA) is 46.2 Å². The minimum absolute atomic E-state index is 0.0272. The molecule has 2 atom stereocenters. The van der Waals surface area contributed by atoms with Gasteiger partial charge >= 0.3 is 0 Å². The van der Waals surface area contributed by atoms with Crippen molar-refractivity contribution >= 4 is 23.2 Å². The summed E-state index contributed by atoms with van der Waals surface area (Å²) in [5, 5.41) is 10.2. The average molecular weight is 278 g/mol. The quantitative estimate of drug-likeness (QED) is 0.833. The zero-order chi connectivity index (χ0) is 12.6. The van der Waals surface area contributed by atoms with Crippen LogP contribution in [0.4, 0.5) is 4.39 Å². The summed E-state index contributed by atoms with van der Waals surface area (Å²) in [4.78, 5) is 0. The molecular formula is C12H14Cl2FNO. The average Bonchev–Trinajstić information content (AvgIpc) is 2.21. The molecule has 1 aliphatic carbocycles. The Hall–Kier alpha value is -0.350. The van der Waals surface area contributed by atoms with Crippen LogP contribution >= 0.6 is 23.2 Å². The largest absolute Gasteiger partial charge is 0.391 e. The molecule has 0 aromatic heterocycles. The van der Waals surface area contributed by atoms with Crippen LogP contribution in [0.5, 0.6) is 0 Å². The molecule has 94 valence electrons. The molecule has 1 aromatic carbocycles. The lowest BCUT2D eigenvalue weighted by Crippen LogP contribution is -2.37. The van der Waals surface area contributed by atoms with Crippen molar-refractivity contribution in [1.82, 2.24) is 0 Å². The summed E-state index contributed by atoms with van der Waals surface area (Å²) in [5.74, 6) is -0.496. The molecule has 0 unspecified atom stereocenters. The highest BCUT2D eigenvalue weighted by Gasteiger charge is 2.33. The zero-order valence-corrected chi connectivity index (χ0v) is 10.7. The number of rotatable bonds is 3. The number of nitrogens with two attached hydrogens (primary N) is 1. The predicted molar refractivity (Wildman–Crippen MR) is 66.7 cm³/mol. The van der Waals surface area contributed by atoms with Gasteiger partial charge < -0.3 is 10.8 Å². The van der Waals surface area contributed by atoms with Gasteiger partial charge in [0.05, 0.1) is 17.2 Å². The number of aliphatic hydroxyl groups is 1. The van der Waals surface area contributed by atoms with E-state index in [2.05, 4.69) is 0 Å². The smallest absolute Gasteiger partial charge is 0.148 e. The van der Waals surface area contributed by atoms with E-state index in [0.717, 1.165) is 19.3 Å². The lowest BCUT2D eigenvalue weighted by atomic mass is 9.77. The third-order valence-corrected chi connectivity index (χ3v) is 4.04. The second kappa shape index (κ2) is 5.11. The first-order valence-corrected chi connectivity index (χ1v) is 6.35. The van der Waals surface area contributed by atoms with Gasteiger partial charge in [-0.3, -0.25) is 0 Å². The van der Waals surface area contributed by atoms with Gasteiger partial charge in [0.15, 0.2) is 0 Å². The van der Waals surface area contributed by atoms with E-state index < -0.39 is 18.0 Å². The highest BCUT2D eigenvalue weighted by atomic mass is 35.5. The van der Waals surface area contributed by atoms with E-state index in [4.69, 9.17) is 28.9 Å². The number of benzene rings is 1. The fraction of sp³-hybridized carbons (Fsp3) is 0.500. The highest BCUT2D eigenvalue weighted by molar-refractivity contribution is 6.33. The van der Waals surface area contributed by atoms with Gasteiger partial charge in [-0.25, -0.2) is 4.39 Å². The monoisotopic (exact) mass is 277 g/mol. The molecule has 0 aliphatic heterocycles. The molecule has 0 amide bonds. The van der Waals surface area contributed by atoms with Gasteiger partial charge in [0, 0.05) is 10.6 Å². The Balaban J connectivity index is 2.29. The van der Waals surface area contributed by atoms with Gasteiger partial charge in [-0.15, -0.1) is 0 Å². The van der Waals surface area contributed by atoms with Crippen molar-refractivity contribution in [2.24, 2.45) is 11.7 Å². The van der Waals surface area contributed by atoms with Crippen LogP contribution in [0.3, 0.4) is 0 Å². The molecule has 5 heteroatoms. The van der Waals surface area contributed by atoms with Crippen LogP contribution in [0.1, 0.15) is 30.9 Å². The number of aliphatic hydroxyl groups excluding tert-OH is 1. The van der Waals surface area contributed by atoms with Gasteiger partial charge in [-0.2, -0.15) is 0 Å². The van der Waals surface area contributed by atoms with E-state index >= 15 is 0 Å². The summed E-state index contributed by atoms with van der Waals surface area (Å²) >= 11 is 11.6. The Morgan fingerprint density at radius 3 is 2.41 bits per heavy atom. The minimum atomic E-state index is -0.827. The van der Waals surface area contributed by atoms with E-state index in [1.807, 2.05) is 0 Å². The first-order valence-electron chi connectivity index (χ1n) is 5.59. The summed E-state index contributed by atoms with van der Waals surface area (Å²) in [6.07, 6.45) is 2.16. The van der Waals surface area contributed by atoms with Crippen LogP contribution in [-0.4, -0.2) is 11.2 Å². The molecule has 2 rings (SSSR count). The van der Waals surface area contributed by atoms with E-state index in [-0.39, 0.29) is 21.5 Å². The lowest BCUT2D eigenvalue weighted by molar-refractivity contribution is 0.0405. The maximum Gasteiger partial charge on any atom is 0.148 e. The summed E-state index contributed by atoms with van der Waals surface area (Å²) in [6.45, 7) is 0. The molecule has 1 saturated carbocycles. The van der Waals surface area contributed by atoms with Gasteiger partial charge in [0.2, 0.25) is 0 Å². The van der Waals surface area contributed by atoms with Gasteiger partial charge in [-0.05, 0) is 30.9 Å². The fourth-order valence-corrected chi connectivity index (χ4v) is 2.53. The molecule has 0 heterocycles. The second-order valence-electron chi connectivity index (χ2n) is 4.46. The van der Waals surface area contributed by atoms with Crippen molar-refractivity contribution < 1.29 is 9.50 Å². The van der Waals surface area contributed by atoms with Crippen LogP contribution < -0.4 is 5.73 Å². The van der Waals surface area contributed by atoms with Crippen LogP contribution in [0.25, 0.3) is 0 Å². The zero-order valence-electron chi connectivity index (χ0n) is 9.17. The standard InChI is InChI=1S/C12H14Cl2FNO/c13-7-4-5-8(14)10(15)9(7)11(16)12(17)6-2-1-3-6/h4-6,11-12,17H,1-3,16H2/t11-,12+/m0/s1. The van der Waals surface area contributed by atoms with Gasteiger partial charge in [0.25, 0.3) is 0 Å². The van der Waals surface area contributed by atoms with Crippen LogP contribution in [0.2, 0.25) is 10.0 Å². The predicted octanol–water partition coefficient (Wildman–Crippen LogP) is 3.29. The van der Waals surface area contributed by atoms with Gasteiger partial charge in [0.1, 0.15) is 5.82 Å². The second-order valence-corrected chi connectivity index (χ2v) is 5.28. The molecule has 0 saturated heterocycles. The molecule has 3 N–H and O–H groups in total. The number of hydrogen-bond acceptors (Lipinski definition) is 2. The summed E-state index contributed by atoms with van der Waals surface area (Å²) < 4.78 is 13.9. The Kier molecular flexibility index (Phi) is 3.93. The van der Waals surface area contributed by atoms with Crippen LogP contribution in [0, 0.1) is 11.7 Å². The first-order chi connectivity index (χ1) is 8.02. The summed E-state index contributed by atoms with van der Waals surface area (Å²) in [5.41, 5.74) is 6.00. The number of hydrogen-bond donors (Lipinski definition) is 2. The normalized spacial score (nSPS) is 19.8.